The first-order valence-electron chi connectivity index (χ1n) is 7.95. The first-order chi connectivity index (χ1) is 12.5. The lowest BCUT2D eigenvalue weighted by Gasteiger charge is -2.16. The molecule has 0 N–H and O–H groups in total. The largest absolute Gasteiger partial charge is 0.513 e. The molecule has 0 aromatic heterocycles. The van der Waals surface area contributed by atoms with Gasteiger partial charge in [0.15, 0.2) is 0 Å². The molecule has 4 nitrogen and oxygen atoms in total. The lowest BCUT2D eigenvalue weighted by Crippen LogP contribution is -2.10. The van der Waals surface area contributed by atoms with Crippen LogP contribution in [0.5, 0.6) is 11.5 Å². The number of methoxy groups -OCH3 is 1. The molecule has 0 unspecified atom stereocenters. The lowest BCUT2D eigenvalue weighted by atomic mass is 10.1. The minimum Gasteiger partial charge on any atom is -0.488 e. The zero-order valence-electron chi connectivity index (χ0n) is 14.8. The normalized spacial score (nSPS) is 10.7. The van der Waals surface area contributed by atoms with Crippen LogP contribution in [0.2, 0.25) is 0 Å². The van der Waals surface area contributed by atoms with Gasteiger partial charge in [-0.2, -0.15) is 0 Å². The molecule has 7 heteroatoms. The van der Waals surface area contributed by atoms with E-state index in [0.29, 0.717) is 12.0 Å². The van der Waals surface area contributed by atoms with Crippen LogP contribution in [0, 0.1) is 0 Å². The molecule has 0 radical (unpaired) electrons. The summed E-state index contributed by atoms with van der Waals surface area (Å²) in [5.74, 6) is 0.379. The second-order valence-corrected chi connectivity index (χ2v) is 6.16. The number of thioether (sulfide) groups is 1. The van der Waals surface area contributed by atoms with Gasteiger partial charge < -0.3 is 14.2 Å². The van der Waals surface area contributed by atoms with Gasteiger partial charge in [0.25, 0.3) is 6.43 Å². The van der Waals surface area contributed by atoms with E-state index in [9.17, 15) is 13.6 Å². The number of carbonyl (C=O) groups excluding carboxylic acids is 1. The molecule has 2 aromatic carbocycles. The third-order valence-electron chi connectivity index (χ3n) is 3.76. The van der Waals surface area contributed by atoms with Crippen LogP contribution in [0.3, 0.4) is 0 Å². The molecule has 140 valence electrons. The molecule has 0 aliphatic carbocycles. The Labute approximate surface area is 155 Å². The molecule has 0 aliphatic rings. The van der Waals surface area contributed by atoms with Crippen LogP contribution < -0.4 is 9.47 Å². The second-order valence-electron chi connectivity index (χ2n) is 5.31. The van der Waals surface area contributed by atoms with Gasteiger partial charge in [0, 0.05) is 10.5 Å². The SMILES string of the molecule is CCc1ccc(OCc2c(OC(=O)OC)cccc2SC)c(C(F)F)c1. The van der Waals surface area contributed by atoms with Gasteiger partial charge in [-0.25, -0.2) is 13.6 Å². The number of hydrogen-bond acceptors (Lipinski definition) is 5. The molecule has 2 rings (SSSR count). The Balaban J connectivity index is 2.30. The first-order valence-corrected chi connectivity index (χ1v) is 9.18. The maximum atomic E-state index is 13.3. The van der Waals surface area contributed by atoms with Gasteiger partial charge in [-0.3, -0.25) is 0 Å². The van der Waals surface area contributed by atoms with Crippen molar-refractivity contribution in [1.82, 2.24) is 0 Å². The molecule has 0 saturated carbocycles. The average Bonchev–Trinajstić information content (AvgIpc) is 2.66. The standard InChI is InChI=1S/C19H20F2O4S/c1-4-12-8-9-15(13(10-12)18(20)21)24-11-14-16(25-19(22)23-2)6-5-7-17(14)26-3/h5-10,18H,4,11H2,1-3H3. The Morgan fingerprint density at radius 2 is 1.96 bits per heavy atom. The van der Waals surface area contributed by atoms with Gasteiger partial charge >= 0.3 is 6.16 Å². The fourth-order valence-electron chi connectivity index (χ4n) is 2.38. The molecular weight excluding hydrogens is 362 g/mol. The van der Waals surface area contributed by atoms with Crippen molar-refractivity contribution in [3.63, 3.8) is 0 Å². The summed E-state index contributed by atoms with van der Waals surface area (Å²) in [6.07, 6.45) is -0.975. The highest BCUT2D eigenvalue weighted by molar-refractivity contribution is 7.98. The quantitative estimate of drug-likeness (QED) is 0.353. The topological polar surface area (TPSA) is 44.8 Å². The van der Waals surface area contributed by atoms with E-state index in [2.05, 4.69) is 4.74 Å². The number of hydrogen-bond donors (Lipinski definition) is 0. The summed E-state index contributed by atoms with van der Waals surface area (Å²) in [4.78, 5) is 12.2. The van der Waals surface area contributed by atoms with Gasteiger partial charge in [-0.1, -0.05) is 19.1 Å². The summed E-state index contributed by atoms with van der Waals surface area (Å²) in [7, 11) is 1.21. The molecule has 0 atom stereocenters. The predicted octanol–water partition coefficient (Wildman–Crippen LogP) is 5.63. The number of ether oxygens (including phenoxy) is 3. The molecule has 0 fully saturated rings. The molecule has 0 aliphatic heterocycles. The smallest absolute Gasteiger partial charge is 0.488 e. The Kier molecular flexibility index (Phi) is 7.26. The van der Waals surface area contributed by atoms with Crippen molar-refractivity contribution in [3.8, 4) is 11.5 Å². The van der Waals surface area contributed by atoms with Crippen LogP contribution in [0.25, 0.3) is 0 Å². The summed E-state index contributed by atoms with van der Waals surface area (Å²) >= 11 is 1.44. The van der Waals surface area contributed by atoms with Crippen LogP contribution in [-0.2, 0) is 17.8 Å². The van der Waals surface area contributed by atoms with Crippen molar-refractivity contribution in [2.24, 2.45) is 0 Å². The Morgan fingerprint density at radius 3 is 2.58 bits per heavy atom. The average molecular weight is 382 g/mol. The molecule has 0 saturated heterocycles. The number of carbonyl (C=O) groups is 1. The minimum atomic E-state index is -2.64. The molecule has 0 heterocycles. The molecule has 26 heavy (non-hydrogen) atoms. The first kappa shape index (κ1) is 20.0. The highest BCUT2D eigenvalue weighted by Crippen LogP contribution is 2.34. The van der Waals surface area contributed by atoms with Crippen LogP contribution in [0.1, 0.15) is 30.0 Å². The number of alkyl halides is 2. The van der Waals surface area contributed by atoms with Gasteiger partial charge in [-0.15, -0.1) is 11.8 Å². The van der Waals surface area contributed by atoms with Crippen molar-refractivity contribution in [2.45, 2.75) is 31.3 Å². The number of aryl methyl sites for hydroxylation is 1. The highest BCUT2D eigenvalue weighted by Gasteiger charge is 2.18. The van der Waals surface area contributed by atoms with E-state index >= 15 is 0 Å². The van der Waals surface area contributed by atoms with Crippen LogP contribution in [0.15, 0.2) is 41.3 Å². The fourth-order valence-corrected chi connectivity index (χ4v) is 3.00. The van der Waals surface area contributed by atoms with Crippen molar-refractivity contribution in [1.29, 1.82) is 0 Å². The summed E-state index contributed by atoms with van der Waals surface area (Å²) in [6, 6.07) is 9.92. The van der Waals surface area contributed by atoms with Gasteiger partial charge in [0.05, 0.1) is 12.7 Å². The van der Waals surface area contributed by atoms with Gasteiger partial charge in [-0.05, 0) is 42.5 Å². The van der Waals surface area contributed by atoms with E-state index in [1.165, 1.54) is 24.9 Å². The van der Waals surface area contributed by atoms with Crippen LogP contribution in [-0.4, -0.2) is 19.5 Å². The van der Waals surface area contributed by atoms with Crippen molar-refractivity contribution < 1.29 is 27.8 Å². The van der Waals surface area contributed by atoms with Crippen LogP contribution in [0.4, 0.5) is 13.6 Å². The number of rotatable bonds is 7. The van der Waals surface area contributed by atoms with Gasteiger partial charge in [0.1, 0.15) is 18.1 Å². The van der Waals surface area contributed by atoms with E-state index < -0.39 is 12.6 Å². The summed E-state index contributed by atoms with van der Waals surface area (Å²) in [6.45, 7) is 1.88. The fraction of sp³-hybridized carbons (Fsp3) is 0.316. The zero-order chi connectivity index (χ0) is 19.1. The lowest BCUT2D eigenvalue weighted by molar-refractivity contribution is 0.120. The van der Waals surface area contributed by atoms with E-state index in [1.807, 2.05) is 19.2 Å². The highest BCUT2D eigenvalue weighted by atomic mass is 32.2. The molecule has 2 aromatic rings. The molecular formula is C19H20F2O4S. The van der Waals surface area contributed by atoms with Crippen molar-refractivity contribution >= 4 is 17.9 Å². The summed E-state index contributed by atoms with van der Waals surface area (Å²) < 4.78 is 42.0. The predicted molar refractivity (Wildman–Crippen MR) is 96.4 cm³/mol. The summed E-state index contributed by atoms with van der Waals surface area (Å²) in [5.41, 5.74) is 1.25. The summed E-state index contributed by atoms with van der Waals surface area (Å²) in [5, 5.41) is 0. The maximum absolute atomic E-state index is 13.3. The number of benzene rings is 2. The van der Waals surface area contributed by atoms with Crippen molar-refractivity contribution in [2.75, 3.05) is 13.4 Å². The van der Waals surface area contributed by atoms with E-state index in [0.717, 1.165) is 10.5 Å². The third kappa shape index (κ3) is 4.88. The third-order valence-corrected chi connectivity index (χ3v) is 4.58. The molecule has 0 bridgehead atoms. The Morgan fingerprint density at radius 1 is 1.19 bits per heavy atom. The van der Waals surface area contributed by atoms with E-state index in [-0.39, 0.29) is 23.7 Å². The van der Waals surface area contributed by atoms with E-state index in [1.54, 1.807) is 24.3 Å². The van der Waals surface area contributed by atoms with E-state index in [4.69, 9.17) is 9.47 Å². The van der Waals surface area contributed by atoms with Gasteiger partial charge in [0.2, 0.25) is 0 Å². The molecule has 0 amide bonds. The molecule has 0 spiro atoms. The second kappa shape index (κ2) is 9.43. The monoisotopic (exact) mass is 382 g/mol. The zero-order valence-corrected chi connectivity index (χ0v) is 15.6. The minimum absolute atomic E-state index is 0.0193. The Bertz CT molecular complexity index is 765. The van der Waals surface area contributed by atoms with Crippen molar-refractivity contribution in [3.05, 3.63) is 53.1 Å². The van der Waals surface area contributed by atoms with Crippen LogP contribution >= 0.6 is 11.8 Å². The maximum Gasteiger partial charge on any atom is 0.513 e. The number of halogens is 2. The Hall–Kier alpha value is -2.28.